The van der Waals surface area contributed by atoms with Crippen molar-refractivity contribution in [2.45, 2.75) is 18.0 Å². The number of carbonyl (C=O) groups excluding carboxylic acids is 2. The molecule has 1 aromatic heterocycles. The van der Waals surface area contributed by atoms with Crippen molar-refractivity contribution >= 4 is 34.9 Å². The highest BCUT2D eigenvalue weighted by atomic mass is 35.5. The van der Waals surface area contributed by atoms with Crippen molar-refractivity contribution in [2.24, 2.45) is 0 Å². The predicted molar refractivity (Wildman–Crippen MR) is 107 cm³/mol. The van der Waals surface area contributed by atoms with Gasteiger partial charge in [-0.15, -0.1) is 8.78 Å². The molecule has 4 rings (SSSR count). The molecule has 1 unspecified atom stereocenters. The summed E-state index contributed by atoms with van der Waals surface area (Å²) >= 11 is 4.75. The number of rotatable bonds is 5. The molecule has 2 saturated heterocycles. The first kappa shape index (κ1) is 20.5. The van der Waals surface area contributed by atoms with Gasteiger partial charge >= 0.3 is 5.57 Å². The number of pyridine rings is 1. The number of aromatic nitrogens is 1. The topological polar surface area (TPSA) is 66.0 Å². The summed E-state index contributed by atoms with van der Waals surface area (Å²) in [6, 6.07) is 10.4. The molecule has 0 radical (unpaired) electrons. The van der Waals surface area contributed by atoms with Gasteiger partial charge in [0.1, 0.15) is 11.6 Å². The third kappa shape index (κ3) is 4.36. The number of nitrogens with zero attached hydrogens (tertiary/aromatic N) is 4. The van der Waals surface area contributed by atoms with E-state index in [4.69, 9.17) is 11.6 Å². The summed E-state index contributed by atoms with van der Waals surface area (Å²) in [6.07, 6.45) is 1.82. The number of amides is 2. The van der Waals surface area contributed by atoms with E-state index in [1.54, 1.807) is 6.20 Å². The maximum Gasteiger partial charge on any atom is 0.487 e. The van der Waals surface area contributed by atoms with Crippen LogP contribution in [0.5, 0.6) is 5.75 Å². The number of imide groups is 1. The van der Waals surface area contributed by atoms with Gasteiger partial charge in [0.15, 0.2) is 0 Å². The van der Waals surface area contributed by atoms with E-state index in [1.807, 2.05) is 23.1 Å². The van der Waals surface area contributed by atoms with E-state index in [0.717, 1.165) is 10.7 Å². The lowest BCUT2D eigenvalue weighted by Gasteiger charge is -2.37. The zero-order valence-corrected chi connectivity index (χ0v) is 16.6. The summed E-state index contributed by atoms with van der Waals surface area (Å²) in [5.41, 5.74) is -3.52. The van der Waals surface area contributed by atoms with Gasteiger partial charge in [0, 0.05) is 44.0 Å². The number of halogens is 3. The first-order valence-corrected chi connectivity index (χ1v) is 9.82. The number of alkyl halides is 3. The summed E-state index contributed by atoms with van der Waals surface area (Å²) in [5, 5.41) is 0. The minimum atomic E-state index is -3.83. The number of benzene rings is 1. The molecule has 0 spiro atoms. The maximum atomic E-state index is 12.9. The SMILES string of the molecule is O=C1CC(N2CCN(c3ccccn3)CC2)C(=O)N1c1ccc(OC(F)(F)Cl)cc1. The Morgan fingerprint density at radius 3 is 2.33 bits per heavy atom. The molecule has 10 heteroatoms. The van der Waals surface area contributed by atoms with Crippen LogP contribution >= 0.6 is 11.6 Å². The highest BCUT2D eigenvalue weighted by Gasteiger charge is 2.43. The number of ether oxygens (including phenoxy) is 1. The Morgan fingerprint density at radius 1 is 1.03 bits per heavy atom. The van der Waals surface area contributed by atoms with Gasteiger partial charge in [0.25, 0.3) is 5.91 Å². The highest BCUT2D eigenvalue weighted by Crippen LogP contribution is 2.30. The minimum Gasteiger partial charge on any atom is -0.420 e. The monoisotopic (exact) mass is 436 g/mol. The lowest BCUT2D eigenvalue weighted by molar-refractivity contribution is -0.123. The van der Waals surface area contributed by atoms with Crippen molar-refractivity contribution < 1.29 is 23.1 Å². The molecular formula is C20H19ClF2N4O3. The Hall–Kier alpha value is -2.78. The molecule has 0 aliphatic carbocycles. The van der Waals surface area contributed by atoms with E-state index in [-0.39, 0.29) is 24.0 Å². The molecule has 158 valence electrons. The molecule has 7 nitrogen and oxygen atoms in total. The fourth-order valence-electron chi connectivity index (χ4n) is 3.77. The fourth-order valence-corrected chi connectivity index (χ4v) is 3.86. The highest BCUT2D eigenvalue weighted by molar-refractivity contribution is 6.22. The zero-order chi connectivity index (χ0) is 21.3. The van der Waals surface area contributed by atoms with Crippen molar-refractivity contribution in [1.29, 1.82) is 0 Å². The van der Waals surface area contributed by atoms with Gasteiger partial charge in [-0.25, -0.2) is 9.88 Å². The van der Waals surface area contributed by atoms with Crippen molar-refractivity contribution in [2.75, 3.05) is 36.0 Å². The van der Waals surface area contributed by atoms with Gasteiger partial charge in [0.05, 0.1) is 18.2 Å². The molecule has 2 aliphatic heterocycles. The van der Waals surface area contributed by atoms with E-state index in [0.29, 0.717) is 31.9 Å². The lowest BCUT2D eigenvalue weighted by Crippen LogP contribution is -2.52. The number of hydrogen-bond acceptors (Lipinski definition) is 6. The Labute approximate surface area is 176 Å². The van der Waals surface area contributed by atoms with Crippen molar-refractivity contribution in [3.05, 3.63) is 48.7 Å². The number of hydrogen-bond donors (Lipinski definition) is 0. The van der Waals surface area contributed by atoms with E-state index in [1.165, 1.54) is 24.3 Å². The van der Waals surface area contributed by atoms with Crippen LogP contribution in [0.1, 0.15) is 6.42 Å². The van der Waals surface area contributed by atoms with Crippen LogP contribution in [0.4, 0.5) is 20.3 Å². The second-order valence-electron chi connectivity index (χ2n) is 7.04. The molecule has 1 atom stereocenters. The van der Waals surface area contributed by atoms with Crippen LogP contribution < -0.4 is 14.5 Å². The first-order valence-electron chi connectivity index (χ1n) is 9.44. The second kappa shape index (κ2) is 8.16. The number of piperazine rings is 1. The van der Waals surface area contributed by atoms with Crippen LogP contribution in [-0.2, 0) is 9.59 Å². The normalized spacial score (nSPS) is 20.7. The summed E-state index contributed by atoms with van der Waals surface area (Å²) in [4.78, 5) is 35.1. The average Bonchev–Trinajstić information content (AvgIpc) is 3.02. The Balaban J connectivity index is 1.41. The van der Waals surface area contributed by atoms with Crippen LogP contribution in [0.3, 0.4) is 0 Å². The van der Waals surface area contributed by atoms with Crippen LogP contribution in [0.2, 0.25) is 0 Å². The quantitative estimate of drug-likeness (QED) is 0.530. The van der Waals surface area contributed by atoms with E-state index >= 15 is 0 Å². The molecule has 0 saturated carbocycles. The maximum absolute atomic E-state index is 12.9. The smallest absolute Gasteiger partial charge is 0.420 e. The summed E-state index contributed by atoms with van der Waals surface area (Å²) < 4.78 is 29.7. The molecule has 2 aromatic rings. The van der Waals surface area contributed by atoms with Gasteiger partial charge in [-0.1, -0.05) is 6.07 Å². The Kier molecular flexibility index (Phi) is 5.57. The summed E-state index contributed by atoms with van der Waals surface area (Å²) in [6.45, 7) is 2.67. The van der Waals surface area contributed by atoms with Crippen molar-refractivity contribution in [1.82, 2.24) is 9.88 Å². The fraction of sp³-hybridized carbons (Fsp3) is 0.350. The predicted octanol–water partition coefficient (Wildman–Crippen LogP) is 2.70. The van der Waals surface area contributed by atoms with Gasteiger partial charge < -0.3 is 9.64 Å². The molecule has 30 heavy (non-hydrogen) atoms. The van der Waals surface area contributed by atoms with Crippen molar-refractivity contribution in [3.8, 4) is 5.75 Å². The zero-order valence-electron chi connectivity index (χ0n) is 15.9. The standard InChI is InChI=1S/C20H19ClF2N4O3/c21-20(22,23)30-15-6-4-14(5-7-15)27-18(28)13-16(19(27)29)25-9-11-26(12-10-25)17-3-1-2-8-24-17/h1-8,16H,9-13H2. The third-order valence-electron chi connectivity index (χ3n) is 5.18. The molecule has 1 aromatic carbocycles. The molecule has 2 fully saturated rings. The van der Waals surface area contributed by atoms with Gasteiger partial charge in [-0.05, 0) is 36.4 Å². The van der Waals surface area contributed by atoms with Gasteiger partial charge in [-0.3, -0.25) is 14.5 Å². The van der Waals surface area contributed by atoms with Crippen LogP contribution in [0, 0.1) is 0 Å². The molecule has 2 amide bonds. The van der Waals surface area contributed by atoms with Gasteiger partial charge in [0.2, 0.25) is 5.91 Å². The van der Waals surface area contributed by atoms with Crippen molar-refractivity contribution in [3.63, 3.8) is 0 Å². The lowest BCUT2D eigenvalue weighted by atomic mass is 10.1. The first-order chi connectivity index (χ1) is 14.3. The van der Waals surface area contributed by atoms with Crippen LogP contribution in [0.25, 0.3) is 0 Å². The Bertz CT molecular complexity index is 916. The number of carbonyl (C=O) groups is 2. The van der Waals surface area contributed by atoms with Gasteiger partial charge in [-0.2, -0.15) is 0 Å². The summed E-state index contributed by atoms with van der Waals surface area (Å²) in [7, 11) is 0. The molecule has 0 bridgehead atoms. The minimum absolute atomic E-state index is 0.0838. The third-order valence-corrected chi connectivity index (χ3v) is 5.26. The van der Waals surface area contributed by atoms with Crippen LogP contribution in [-0.4, -0.2) is 59.5 Å². The molecule has 0 N–H and O–H groups in total. The second-order valence-corrected chi connectivity index (χ2v) is 7.48. The van der Waals surface area contributed by atoms with Crippen LogP contribution in [0.15, 0.2) is 48.7 Å². The molecular weight excluding hydrogens is 418 g/mol. The summed E-state index contributed by atoms with van der Waals surface area (Å²) in [5.74, 6) is 0.0774. The van der Waals surface area contributed by atoms with E-state index in [9.17, 15) is 18.4 Å². The van der Waals surface area contributed by atoms with E-state index < -0.39 is 11.6 Å². The largest absolute Gasteiger partial charge is 0.487 e. The molecule has 3 heterocycles. The Morgan fingerprint density at radius 2 is 1.73 bits per heavy atom. The van der Waals surface area contributed by atoms with E-state index in [2.05, 4.69) is 14.6 Å². The number of anilines is 2. The molecule has 2 aliphatic rings. The average molecular weight is 437 g/mol.